The molecule has 0 aliphatic heterocycles. The van der Waals surface area contributed by atoms with Gasteiger partial charge in [0, 0.05) is 0 Å². The van der Waals surface area contributed by atoms with Gasteiger partial charge in [0.15, 0.2) is 0 Å². The molecule has 1 unspecified atom stereocenters. The maximum absolute atomic E-state index is 9.73. The second-order valence-electron chi connectivity index (χ2n) is 1.49. The van der Waals surface area contributed by atoms with Crippen molar-refractivity contribution < 1.29 is 9.90 Å². The van der Waals surface area contributed by atoms with Gasteiger partial charge < -0.3 is 0 Å². The van der Waals surface area contributed by atoms with Crippen molar-refractivity contribution in [3.05, 3.63) is 0 Å². The van der Waals surface area contributed by atoms with E-state index in [-0.39, 0.29) is 3.17 Å². The molecule has 0 rings (SSSR count). The van der Waals surface area contributed by atoms with Crippen LogP contribution in [-0.2, 0) is 4.79 Å². The molecule has 0 aromatic rings. The Bertz CT molecular complexity index is 59.8. The first-order valence-corrected chi connectivity index (χ1v) is 3.03. The van der Waals surface area contributed by atoms with E-state index in [4.69, 9.17) is 5.11 Å². The van der Waals surface area contributed by atoms with Crippen molar-refractivity contribution in [1.29, 1.82) is 0 Å². The standard InChI is InChI=1S/C3H5O2.Na/c1-2-3(4)5;/h2H,1H3,(H,4,5);. The van der Waals surface area contributed by atoms with Crippen LogP contribution in [0.15, 0.2) is 0 Å². The van der Waals surface area contributed by atoms with Gasteiger partial charge in [-0.2, -0.15) is 0 Å². The van der Waals surface area contributed by atoms with Crippen molar-refractivity contribution in [3.8, 4) is 0 Å². The Morgan fingerprint density at radius 3 is 2.17 bits per heavy atom. The van der Waals surface area contributed by atoms with Gasteiger partial charge in [0.1, 0.15) is 0 Å². The van der Waals surface area contributed by atoms with Gasteiger partial charge in [-0.3, -0.25) is 0 Å². The Kier molecular flexibility index (Phi) is 2.82. The molecular formula is C3H5NaO2. The molecule has 0 heterocycles. The van der Waals surface area contributed by atoms with E-state index in [1.807, 2.05) is 0 Å². The van der Waals surface area contributed by atoms with Crippen molar-refractivity contribution in [2.24, 2.45) is 0 Å². The summed E-state index contributed by atoms with van der Waals surface area (Å²) in [5, 5.41) is 8.03. The molecule has 0 radical (unpaired) electrons. The van der Waals surface area contributed by atoms with E-state index in [9.17, 15) is 4.79 Å². The normalized spacial score (nSPS) is 13.8. The molecule has 0 spiro atoms. The fourth-order valence-electron chi connectivity index (χ4n) is 0. The van der Waals surface area contributed by atoms with E-state index in [0.717, 1.165) is 27.9 Å². The zero-order valence-corrected chi connectivity index (χ0v) is 5.93. The zero-order valence-electron chi connectivity index (χ0n) is 3.93. The van der Waals surface area contributed by atoms with Crippen molar-refractivity contribution >= 4 is 33.9 Å². The summed E-state index contributed by atoms with van der Waals surface area (Å²) in [5.41, 5.74) is 0. The van der Waals surface area contributed by atoms with Gasteiger partial charge in [0.05, 0.1) is 0 Å². The number of carboxylic acid groups (broad SMARTS) is 1. The topological polar surface area (TPSA) is 37.3 Å². The molecule has 30 valence electrons. The molecule has 0 aliphatic rings. The fourth-order valence-corrected chi connectivity index (χ4v) is 0. The van der Waals surface area contributed by atoms with Crippen LogP contribution in [0.25, 0.3) is 0 Å². The SMILES string of the molecule is C[CH]([Na])C(=O)O. The van der Waals surface area contributed by atoms with Gasteiger partial charge in [-0.1, -0.05) is 0 Å². The molecule has 0 aliphatic carbocycles. The molecule has 0 bridgehead atoms. The summed E-state index contributed by atoms with van der Waals surface area (Å²) in [6, 6.07) is 0. The summed E-state index contributed by atoms with van der Waals surface area (Å²) in [6.07, 6.45) is 0. The van der Waals surface area contributed by atoms with Crippen molar-refractivity contribution in [3.63, 3.8) is 0 Å². The Hall–Kier alpha value is 0.470. The first-order chi connectivity index (χ1) is 2.64. The molecule has 3 heteroatoms. The molecular weight excluding hydrogens is 91.0 g/mol. The summed E-state index contributed by atoms with van der Waals surface area (Å²) in [7, 11) is 0. The second kappa shape index (κ2) is 2.61. The summed E-state index contributed by atoms with van der Waals surface area (Å²) >= 11 is 0.754. The summed E-state index contributed by atoms with van der Waals surface area (Å²) < 4.78 is -0.0926. The van der Waals surface area contributed by atoms with Gasteiger partial charge in [-0.05, 0) is 0 Å². The van der Waals surface area contributed by atoms with Crippen molar-refractivity contribution in [2.75, 3.05) is 0 Å². The summed E-state index contributed by atoms with van der Waals surface area (Å²) in [4.78, 5) is 9.73. The van der Waals surface area contributed by atoms with Gasteiger partial charge >= 0.3 is 53.9 Å². The van der Waals surface area contributed by atoms with Gasteiger partial charge in [-0.15, -0.1) is 0 Å². The van der Waals surface area contributed by atoms with E-state index in [2.05, 4.69) is 0 Å². The molecule has 0 saturated heterocycles. The number of aliphatic carboxylic acids is 1. The van der Waals surface area contributed by atoms with E-state index < -0.39 is 5.97 Å². The molecule has 0 amide bonds. The Morgan fingerprint density at radius 2 is 2.17 bits per heavy atom. The molecule has 1 atom stereocenters. The summed E-state index contributed by atoms with van der Waals surface area (Å²) in [6.45, 7) is 1.70. The van der Waals surface area contributed by atoms with Gasteiger partial charge in [0.2, 0.25) is 0 Å². The maximum atomic E-state index is 9.73. The Morgan fingerprint density at radius 1 is 2.00 bits per heavy atom. The predicted octanol–water partition coefficient (Wildman–Crippen LogP) is 0.0479. The summed E-state index contributed by atoms with van der Waals surface area (Å²) in [5.74, 6) is -0.679. The predicted molar refractivity (Wildman–Crippen MR) is 22.8 cm³/mol. The molecule has 0 aromatic carbocycles. The van der Waals surface area contributed by atoms with Gasteiger partial charge in [-0.25, -0.2) is 0 Å². The first kappa shape index (κ1) is 6.47. The van der Waals surface area contributed by atoms with E-state index in [1.165, 1.54) is 0 Å². The average Bonchev–Trinajstić information content (AvgIpc) is 1.36. The third-order valence-electron chi connectivity index (χ3n) is 0.494. The Labute approximate surface area is 54.0 Å². The third-order valence-corrected chi connectivity index (χ3v) is 0.988. The van der Waals surface area contributed by atoms with Crippen LogP contribution in [0.1, 0.15) is 6.92 Å². The molecule has 0 saturated carbocycles. The van der Waals surface area contributed by atoms with Crippen LogP contribution < -0.4 is 0 Å². The van der Waals surface area contributed by atoms with Crippen LogP contribution in [0.2, 0.25) is 3.17 Å². The zero-order chi connectivity index (χ0) is 5.15. The Balaban J connectivity index is 3.26. The number of hydrogen-bond donors (Lipinski definition) is 1. The van der Waals surface area contributed by atoms with Gasteiger partial charge in [0.25, 0.3) is 0 Å². The molecule has 6 heavy (non-hydrogen) atoms. The molecule has 2 nitrogen and oxygen atoms in total. The molecule has 0 fully saturated rings. The monoisotopic (exact) mass is 96.0 g/mol. The second-order valence-corrected chi connectivity index (χ2v) is 3.22. The molecule has 0 aromatic heterocycles. The third kappa shape index (κ3) is 2.69. The van der Waals surface area contributed by atoms with Crippen LogP contribution in [-0.4, -0.2) is 39.0 Å². The quantitative estimate of drug-likeness (QED) is 0.468. The van der Waals surface area contributed by atoms with Crippen LogP contribution in [0.5, 0.6) is 0 Å². The van der Waals surface area contributed by atoms with Crippen molar-refractivity contribution in [1.82, 2.24) is 0 Å². The van der Waals surface area contributed by atoms with E-state index in [0.29, 0.717) is 0 Å². The minimum atomic E-state index is -0.679. The first-order valence-electron chi connectivity index (χ1n) is 1.87. The number of carbonyl (C=O) groups is 1. The average molecular weight is 96.1 g/mol. The van der Waals surface area contributed by atoms with Crippen LogP contribution in [0, 0.1) is 0 Å². The van der Waals surface area contributed by atoms with Crippen LogP contribution >= 0.6 is 0 Å². The van der Waals surface area contributed by atoms with E-state index >= 15 is 0 Å². The van der Waals surface area contributed by atoms with Crippen molar-refractivity contribution in [2.45, 2.75) is 10.1 Å². The number of hydrogen-bond acceptors (Lipinski definition) is 1. The van der Waals surface area contributed by atoms with Crippen LogP contribution in [0.3, 0.4) is 0 Å². The minimum absolute atomic E-state index is 0.0926. The number of carboxylic acids is 1. The van der Waals surface area contributed by atoms with E-state index in [1.54, 1.807) is 6.92 Å². The number of rotatable bonds is 1. The fraction of sp³-hybridized carbons (Fsp3) is 0.667. The molecule has 1 N–H and O–H groups in total. The van der Waals surface area contributed by atoms with Crippen LogP contribution in [0.4, 0.5) is 0 Å².